The number of hydrogen-bond acceptors (Lipinski definition) is 4. The molecular formula is C25H29F4N3O. The van der Waals surface area contributed by atoms with E-state index in [9.17, 15) is 17.6 Å². The van der Waals surface area contributed by atoms with Crippen molar-refractivity contribution in [1.29, 1.82) is 0 Å². The van der Waals surface area contributed by atoms with E-state index in [1.807, 2.05) is 12.1 Å². The van der Waals surface area contributed by atoms with Crippen LogP contribution in [0, 0.1) is 5.82 Å². The number of alkyl halides is 3. The lowest BCUT2D eigenvalue weighted by Gasteiger charge is -2.48. The zero-order chi connectivity index (χ0) is 23.5. The summed E-state index contributed by atoms with van der Waals surface area (Å²) in [4.78, 5) is 4.95. The fraction of sp³-hybridized carbons (Fsp3) is 0.520. The van der Waals surface area contributed by atoms with Crippen LogP contribution in [-0.2, 0) is 17.5 Å². The molecule has 0 saturated carbocycles. The lowest BCUT2D eigenvalue weighted by Crippen LogP contribution is -2.56. The molecule has 2 atom stereocenters. The Balaban J connectivity index is 1.57. The number of anilines is 3. The van der Waals surface area contributed by atoms with Crippen molar-refractivity contribution in [1.82, 2.24) is 4.90 Å². The van der Waals surface area contributed by atoms with Crippen molar-refractivity contribution >= 4 is 17.1 Å². The molecule has 0 radical (unpaired) electrons. The molecule has 0 spiro atoms. The molecule has 8 heteroatoms. The van der Waals surface area contributed by atoms with Crippen molar-refractivity contribution in [3.8, 4) is 0 Å². The van der Waals surface area contributed by atoms with Crippen LogP contribution in [0.5, 0.6) is 0 Å². The highest BCUT2D eigenvalue weighted by molar-refractivity contribution is 5.75. The van der Waals surface area contributed by atoms with Gasteiger partial charge in [-0.3, -0.25) is 0 Å². The van der Waals surface area contributed by atoms with Gasteiger partial charge in [0.2, 0.25) is 0 Å². The molecule has 2 unspecified atom stereocenters. The minimum atomic E-state index is -4.75. The number of halogens is 4. The highest BCUT2D eigenvalue weighted by atomic mass is 19.4. The minimum absolute atomic E-state index is 0.0454. The van der Waals surface area contributed by atoms with Gasteiger partial charge in [-0.05, 0) is 57.0 Å². The standard InChI is InChI=1S/C25H29F4N3O/c1-15(2)31-8-7-24(3)20(13-31)18-12-17(11-16-14-33-10-9-32(24)23(16)18)30-21-6-4-5-19(22(21)26)25(27,28)29/h4-6,11-12,15,20,30H,7-10,13-14H2,1-3H3. The second-order valence-electron chi connectivity index (χ2n) is 9.82. The fourth-order valence-corrected chi connectivity index (χ4v) is 5.75. The van der Waals surface area contributed by atoms with E-state index in [1.54, 1.807) is 0 Å². The third kappa shape index (κ3) is 3.67. The Morgan fingerprint density at radius 2 is 1.97 bits per heavy atom. The molecule has 1 N–H and O–H groups in total. The molecule has 3 heterocycles. The van der Waals surface area contributed by atoms with Gasteiger partial charge < -0.3 is 19.9 Å². The summed E-state index contributed by atoms with van der Waals surface area (Å²) in [6.45, 7) is 10.5. The van der Waals surface area contributed by atoms with Crippen molar-refractivity contribution in [3.63, 3.8) is 0 Å². The Bertz CT molecular complexity index is 1070. The molecule has 178 valence electrons. The summed E-state index contributed by atoms with van der Waals surface area (Å²) < 4.78 is 60.1. The molecule has 33 heavy (non-hydrogen) atoms. The van der Waals surface area contributed by atoms with Crippen molar-refractivity contribution in [2.24, 2.45) is 0 Å². The number of fused-ring (bicyclic) bond motifs is 3. The van der Waals surface area contributed by atoms with Crippen LogP contribution in [0.2, 0.25) is 0 Å². The number of piperidine rings is 1. The average Bonchev–Trinajstić information content (AvgIpc) is 2.86. The van der Waals surface area contributed by atoms with Crippen LogP contribution in [0.25, 0.3) is 0 Å². The monoisotopic (exact) mass is 463 g/mol. The van der Waals surface area contributed by atoms with Crippen molar-refractivity contribution in [3.05, 3.63) is 52.8 Å². The van der Waals surface area contributed by atoms with E-state index in [0.717, 1.165) is 37.7 Å². The number of hydrogen-bond donors (Lipinski definition) is 1. The molecule has 1 saturated heterocycles. The molecule has 4 nitrogen and oxygen atoms in total. The normalized spacial score (nSPS) is 25.1. The molecule has 3 aliphatic rings. The first-order chi connectivity index (χ1) is 15.6. The maximum Gasteiger partial charge on any atom is 0.419 e. The highest BCUT2D eigenvalue weighted by Crippen LogP contribution is 2.54. The predicted octanol–water partition coefficient (Wildman–Crippen LogP) is 5.89. The number of nitrogens with one attached hydrogen (secondary N) is 1. The smallest absolute Gasteiger partial charge is 0.375 e. The van der Waals surface area contributed by atoms with E-state index in [1.165, 1.54) is 23.4 Å². The molecule has 2 aromatic rings. The van der Waals surface area contributed by atoms with Crippen LogP contribution in [0.1, 0.15) is 49.8 Å². The van der Waals surface area contributed by atoms with Gasteiger partial charge in [0, 0.05) is 54.1 Å². The molecule has 2 aromatic carbocycles. The van der Waals surface area contributed by atoms with Gasteiger partial charge in [-0.2, -0.15) is 13.2 Å². The van der Waals surface area contributed by atoms with E-state index >= 15 is 0 Å². The molecule has 1 fully saturated rings. The zero-order valence-corrected chi connectivity index (χ0v) is 19.1. The van der Waals surface area contributed by atoms with Crippen LogP contribution in [-0.4, -0.2) is 42.7 Å². The van der Waals surface area contributed by atoms with Gasteiger partial charge in [-0.25, -0.2) is 4.39 Å². The van der Waals surface area contributed by atoms with Crippen LogP contribution in [0.3, 0.4) is 0 Å². The van der Waals surface area contributed by atoms with Crippen molar-refractivity contribution in [2.75, 3.05) is 36.5 Å². The lowest BCUT2D eigenvalue weighted by molar-refractivity contribution is -0.139. The Morgan fingerprint density at radius 1 is 1.18 bits per heavy atom. The number of nitrogens with zero attached hydrogens (tertiary/aromatic N) is 2. The predicted molar refractivity (Wildman–Crippen MR) is 121 cm³/mol. The Hall–Kier alpha value is -2.32. The first-order valence-electron chi connectivity index (χ1n) is 11.5. The summed E-state index contributed by atoms with van der Waals surface area (Å²) in [5.74, 6) is -1.03. The summed E-state index contributed by atoms with van der Waals surface area (Å²) in [7, 11) is 0. The summed E-state index contributed by atoms with van der Waals surface area (Å²) in [6, 6.07) is 7.64. The highest BCUT2D eigenvalue weighted by Gasteiger charge is 2.52. The van der Waals surface area contributed by atoms with E-state index in [4.69, 9.17) is 4.74 Å². The maximum atomic E-state index is 14.7. The molecule has 0 amide bonds. The third-order valence-electron chi connectivity index (χ3n) is 7.58. The van der Waals surface area contributed by atoms with Crippen LogP contribution in [0.4, 0.5) is 34.6 Å². The van der Waals surface area contributed by atoms with Gasteiger partial charge in [0.15, 0.2) is 5.82 Å². The average molecular weight is 464 g/mol. The van der Waals surface area contributed by atoms with Gasteiger partial charge in [0.25, 0.3) is 0 Å². The Labute approximate surface area is 191 Å². The van der Waals surface area contributed by atoms with Gasteiger partial charge >= 0.3 is 6.18 Å². The molecule has 3 aliphatic heterocycles. The molecular weight excluding hydrogens is 434 g/mol. The van der Waals surface area contributed by atoms with E-state index in [2.05, 4.69) is 35.9 Å². The largest absolute Gasteiger partial charge is 0.419 e. The topological polar surface area (TPSA) is 27.7 Å². The molecule has 5 rings (SSSR count). The summed E-state index contributed by atoms with van der Waals surface area (Å²) in [5.41, 5.74) is 2.42. The van der Waals surface area contributed by atoms with E-state index in [-0.39, 0.29) is 17.1 Å². The Kier molecular flexibility index (Phi) is 5.36. The molecule has 0 aromatic heterocycles. The maximum absolute atomic E-state index is 14.7. The zero-order valence-electron chi connectivity index (χ0n) is 19.1. The molecule has 0 aliphatic carbocycles. The summed E-state index contributed by atoms with van der Waals surface area (Å²) in [5, 5.41) is 2.93. The van der Waals surface area contributed by atoms with Crippen molar-refractivity contribution in [2.45, 2.75) is 57.5 Å². The van der Waals surface area contributed by atoms with Gasteiger partial charge in [0.1, 0.15) is 0 Å². The Morgan fingerprint density at radius 3 is 2.70 bits per heavy atom. The van der Waals surface area contributed by atoms with Crippen LogP contribution >= 0.6 is 0 Å². The number of likely N-dealkylation sites (tertiary alicyclic amines) is 1. The first kappa shape index (κ1) is 22.5. The number of ether oxygens (including phenoxy) is 1. The fourth-order valence-electron chi connectivity index (χ4n) is 5.75. The van der Waals surface area contributed by atoms with Crippen LogP contribution < -0.4 is 10.2 Å². The van der Waals surface area contributed by atoms with Gasteiger partial charge in [0.05, 0.1) is 24.5 Å². The quantitative estimate of drug-likeness (QED) is 0.574. The summed E-state index contributed by atoms with van der Waals surface area (Å²) in [6.07, 6.45) is -3.73. The second-order valence-corrected chi connectivity index (χ2v) is 9.82. The van der Waals surface area contributed by atoms with E-state index in [0.29, 0.717) is 24.9 Å². The van der Waals surface area contributed by atoms with Crippen molar-refractivity contribution < 1.29 is 22.3 Å². The van der Waals surface area contributed by atoms with Gasteiger partial charge in [-0.1, -0.05) is 6.07 Å². The number of rotatable bonds is 3. The second kappa shape index (κ2) is 7.87. The SMILES string of the molecule is CC(C)N1CCC2(C)C(C1)c1cc(Nc3cccc(C(F)(F)F)c3F)cc3c1N2CCOC3. The number of benzene rings is 2. The third-order valence-corrected chi connectivity index (χ3v) is 7.58. The summed E-state index contributed by atoms with van der Waals surface area (Å²) >= 11 is 0. The minimum Gasteiger partial charge on any atom is -0.375 e. The molecule has 0 bridgehead atoms. The van der Waals surface area contributed by atoms with Crippen LogP contribution in [0.15, 0.2) is 30.3 Å². The lowest BCUT2D eigenvalue weighted by atomic mass is 9.77. The first-order valence-corrected chi connectivity index (χ1v) is 11.5. The van der Waals surface area contributed by atoms with E-state index < -0.39 is 17.6 Å². The van der Waals surface area contributed by atoms with Gasteiger partial charge in [-0.15, -0.1) is 0 Å².